The minimum Gasteiger partial charge on any atom is -0.393 e. The molecular weight excluding hydrogens is 376 g/mol. The predicted molar refractivity (Wildman–Crippen MR) is 108 cm³/mol. The molecule has 1 aliphatic rings. The van der Waals surface area contributed by atoms with Crippen molar-refractivity contribution >= 4 is 34.9 Å². The Labute approximate surface area is 164 Å². The van der Waals surface area contributed by atoms with Crippen molar-refractivity contribution in [1.29, 1.82) is 0 Å². The van der Waals surface area contributed by atoms with E-state index in [2.05, 4.69) is 35.1 Å². The summed E-state index contributed by atoms with van der Waals surface area (Å²) >= 11 is 7.60. The molecule has 0 aromatic carbocycles. The number of terminal acetylenes is 1. The Morgan fingerprint density at radius 1 is 1.31 bits per heavy atom. The number of nitrogens with two attached hydrogens (primary N) is 1. The van der Waals surface area contributed by atoms with Gasteiger partial charge >= 0.3 is 0 Å². The number of anilines is 2. The molecule has 0 radical (unpaired) electrons. The van der Waals surface area contributed by atoms with Gasteiger partial charge in [-0.25, -0.2) is 9.97 Å². The zero-order valence-electron chi connectivity index (χ0n) is 15.4. The average molecular weight is 405 g/mol. The molecule has 1 saturated carbocycles. The second-order valence-corrected chi connectivity index (χ2v) is 7.63. The number of rotatable bonds is 5. The maximum Gasteiger partial charge on any atom is 0.191 e. The lowest BCUT2D eigenvalue weighted by Gasteiger charge is -2.15. The number of aliphatic hydroxyl groups is 3. The zero-order chi connectivity index (χ0) is 20.3. The molecule has 2 atom stereocenters. The number of thioether (sulfide) groups is 1. The van der Waals surface area contributed by atoms with Gasteiger partial charge < -0.3 is 26.4 Å². The third-order valence-electron chi connectivity index (χ3n) is 3.06. The van der Waals surface area contributed by atoms with Gasteiger partial charge in [-0.15, -0.1) is 12.8 Å². The van der Waals surface area contributed by atoms with Gasteiger partial charge in [0, 0.05) is 11.8 Å². The van der Waals surface area contributed by atoms with Crippen molar-refractivity contribution in [2.75, 3.05) is 16.8 Å². The minimum absolute atomic E-state index is 0.201. The van der Waals surface area contributed by atoms with Crippen LogP contribution in [0.25, 0.3) is 0 Å². The van der Waals surface area contributed by atoms with Gasteiger partial charge in [0.25, 0.3) is 0 Å². The highest BCUT2D eigenvalue weighted by atomic mass is 35.5. The molecule has 1 fully saturated rings. The fourth-order valence-corrected chi connectivity index (χ4v) is 2.99. The topological polar surface area (TPSA) is 125 Å². The van der Waals surface area contributed by atoms with Crippen molar-refractivity contribution in [3.05, 3.63) is 5.15 Å². The number of hydrogen-bond acceptors (Lipinski definition) is 8. The van der Waals surface area contributed by atoms with E-state index in [4.69, 9.17) is 27.5 Å². The van der Waals surface area contributed by atoms with Gasteiger partial charge in [-0.05, 0) is 39.5 Å². The number of aliphatic hydroxyl groups excluding tert-OH is 1. The first-order chi connectivity index (χ1) is 12.1. The minimum atomic E-state index is -1.50. The summed E-state index contributed by atoms with van der Waals surface area (Å²) in [5.74, 6) is 0.0275. The van der Waals surface area contributed by atoms with E-state index in [9.17, 15) is 5.11 Å². The zero-order valence-corrected chi connectivity index (χ0v) is 17.0. The molecule has 0 saturated heterocycles. The first-order valence-corrected chi connectivity index (χ1v) is 9.65. The van der Waals surface area contributed by atoms with Crippen molar-refractivity contribution in [1.82, 2.24) is 9.97 Å². The molecule has 2 unspecified atom stereocenters. The molecule has 1 aromatic rings. The number of nitrogens with zero attached hydrogens (tertiary/aromatic N) is 2. The maximum absolute atomic E-state index is 9.54. The van der Waals surface area contributed by atoms with Crippen LogP contribution in [0.3, 0.4) is 0 Å². The summed E-state index contributed by atoms with van der Waals surface area (Å²) in [6.45, 7) is 4.70. The molecular formula is C17H29ClN4O3S. The normalized spacial score (nSPS) is 19.0. The van der Waals surface area contributed by atoms with Crippen molar-refractivity contribution in [3.63, 3.8) is 0 Å². The summed E-state index contributed by atoms with van der Waals surface area (Å²) < 4.78 is 0. The number of nitrogen functional groups attached to an aromatic ring is 1. The Kier molecular flexibility index (Phi) is 11.6. The lowest BCUT2D eigenvalue weighted by molar-refractivity contribution is -0.127. The van der Waals surface area contributed by atoms with Gasteiger partial charge in [-0.3, -0.25) is 0 Å². The third-order valence-corrected chi connectivity index (χ3v) is 4.40. The molecule has 0 amide bonds. The molecule has 1 aliphatic carbocycles. The van der Waals surface area contributed by atoms with Gasteiger partial charge in [-0.1, -0.05) is 30.3 Å². The number of nitrogens with one attached hydrogen (secondary N) is 1. The second-order valence-electron chi connectivity index (χ2n) is 6.21. The fraction of sp³-hybridized carbons (Fsp3) is 0.647. The van der Waals surface area contributed by atoms with Crippen LogP contribution in [0.4, 0.5) is 11.5 Å². The number of halogens is 1. The van der Waals surface area contributed by atoms with Crippen LogP contribution in [-0.4, -0.2) is 49.0 Å². The van der Waals surface area contributed by atoms with Gasteiger partial charge in [0.15, 0.2) is 21.9 Å². The standard InChI is InChI=1S/C12H19ClN4OS.C3H8O2.C2H2/c1-2-5-19-12-16-10(13)9(14)11(17-12)15-7-3-4-8(18)6-7;1-3(2,4)5;1-2/h7-8,18H,2-6,14H2,1H3,(H,15,16,17);4-5H,1-2H3;1-2H. The molecule has 1 heterocycles. The van der Waals surface area contributed by atoms with Crippen LogP contribution in [-0.2, 0) is 0 Å². The molecule has 1 aromatic heterocycles. The molecule has 0 aliphatic heterocycles. The lowest BCUT2D eigenvalue weighted by atomic mass is 10.2. The third kappa shape index (κ3) is 10.7. The van der Waals surface area contributed by atoms with Crippen LogP contribution in [0.5, 0.6) is 0 Å². The summed E-state index contributed by atoms with van der Waals surface area (Å²) in [5.41, 5.74) is 6.28. The highest BCUT2D eigenvalue weighted by Crippen LogP contribution is 2.30. The Balaban J connectivity index is 0.000000772. The van der Waals surface area contributed by atoms with Crippen LogP contribution in [0.15, 0.2) is 5.16 Å². The number of hydrogen-bond donors (Lipinski definition) is 5. The molecule has 2 rings (SSSR count). The summed E-state index contributed by atoms with van der Waals surface area (Å²) in [6, 6.07) is 0.201. The van der Waals surface area contributed by atoms with E-state index in [0.717, 1.165) is 31.4 Å². The van der Waals surface area contributed by atoms with Crippen molar-refractivity contribution in [3.8, 4) is 12.8 Å². The summed E-state index contributed by atoms with van der Waals surface area (Å²) in [7, 11) is 0. The van der Waals surface area contributed by atoms with Gasteiger partial charge in [0.2, 0.25) is 0 Å². The smallest absolute Gasteiger partial charge is 0.191 e. The van der Waals surface area contributed by atoms with Crippen LogP contribution in [0.2, 0.25) is 5.15 Å². The Hall–Kier alpha value is -1.24. The Bertz CT molecular complexity index is 561. The first kappa shape index (κ1) is 24.8. The Morgan fingerprint density at radius 2 is 1.88 bits per heavy atom. The molecule has 26 heavy (non-hydrogen) atoms. The monoisotopic (exact) mass is 404 g/mol. The van der Waals surface area contributed by atoms with Crippen molar-refractivity contribution in [2.45, 2.75) is 69.5 Å². The van der Waals surface area contributed by atoms with Crippen molar-refractivity contribution < 1.29 is 15.3 Å². The van der Waals surface area contributed by atoms with Crippen LogP contribution >= 0.6 is 23.4 Å². The molecule has 0 bridgehead atoms. The quantitative estimate of drug-likeness (QED) is 0.167. The van der Waals surface area contributed by atoms with Crippen LogP contribution in [0, 0.1) is 12.8 Å². The molecule has 6 N–H and O–H groups in total. The van der Waals surface area contributed by atoms with E-state index in [0.29, 0.717) is 16.7 Å². The highest BCUT2D eigenvalue weighted by Gasteiger charge is 2.24. The Morgan fingerprint density at radius 3 is 2.35 bits per heavy atom. The van der Waals surface area contributed by atoms with Crippen LogP contribution in [0.1, 0.15) is 46.5 Å². The summed E-state index contributed by atoms with van der Waals surface area (Å²) in [6.07, 6.45) is 11.3. The van der Waals surface area contributed by atoms with Crippen LogP contribution < -0.4 is 11.1 Å². The molecule has 7 nitrogen and oxygen atoms in total. The van der Waals surface area contributed by atoms with Gasteiger partial charge in [0.05, 0.1) is 6.10 Å². The maximum atomic E-state index is 9.54. The second kappa shape index (κ2) is 12.2. The highest BCUT2D eigenvalue weighted by molar-refractivity contribution is 7.99. The van der Waals surface area contributed by atoms with Crippen molar-refractivity contribution in [2.24, 2.45) is 0 Å². The summed E-state index contributed by atoms with van der Waals surface area (Å²) in [4.78, 5) is 8.57. The fourth-order valence-electron chi connectivity index (χ4n) is 2.07. The first-order valence-electron chi connectivity index (χ1n) is 8.28. The summed E-state index contributed by atoms with van der Waals surface area (Å²) in [5, 5.41) is 29.9. The lowest BCUT2D eigenvalue weighted by Crippen LogP contribution is -2.19. The average Bonchev–Trinajstić information content (AvgIpc) is 2.95. The van der Waals surface area contributed by atoms with E-state index in [1.54, 1.807) is 11.8 Å². The van der Waals surface area contributed by atoms with Gasteiger partial charge in [0.1, 0.15) is 5.69 Å². The van der Waals surface area contributed by atoms with E-state index < -0.39 is 5.79 Å². The largest absolute Gasteiger partial charge is 0.393 e. The molecule has 148 valence electrons. The number of aromatic nitrogens is 2. The van der Waals surface area contributed by atoms with E-state index >= 15 is 0 Å². The van der Waals surface area contributed by atoms with Gasteiger partial charge in [-0.2, -0.15) is 0 Å². The molecule has 0 spiro atoms. The SMILES string of the molecule is C#C.CC(C)(O)O.CCCSc1nc(Cl)c(N)c(NC2CCC(O)C2)n1. The molecule has 9 heteroatoms. The predicted octanol–water partition coefficient (Wildman–Crippen LogP) is 2.50. The van der Waals surface area contributed by atoms with E-state index in [1.807, 2.05) is 0 Å². The van der Waals surface area contributed by atoms with E-state index in [1.165, 1.54) is 13.8 Å². The van der Waals surface area contributed by atoms with E-state index in [-0.39, 0.29) is 17.3 Å².